The van der Waals surface area contributed by atoms with E-state index in [1.807, 2.05) is 0 Å². The first kappa shape index (κ1) is 24.5. The minimum absolute atomic E-state index is 0.00644. The number of amides is 2. The van der Waals surface area contributed by atoms with E-state index in [1.54, 1.807) is 24.3 Å². The molecule has 0 heterocycles. The van der Waals surface area contributed by atoms with Crippen molar-refractivity contribution in [1.29, 1.82) is 0 Å². The summed E-state index contributed by atoms with van der Waals surface area (Å²) in [6, 6.07) is 15.5. The number of benzene rings is 3. The third-order valence-electron chi connectivity index (χ3n) is 4.95. The average Bonchev–Trinajstić information content (AvgIpc) is 2.82. The molecule has 0 bridgehead atoms. The van der Waals surface area contributed by atoms with Gasteiger partial charge in [0.05, 0.1) is 23.9 Å². The first-order chi connectivity index (χ1) is 16.1. The Morgan fingerprint density at radius 3 is 2.21 bits per heavy atom. The van der Waals surface area contributed by atoms with Crippen LogP contribution >= 0.6 is 0 Å². The summed E-state index contributed by atoms with van der Waals surface area (Å²) in [4.78, 5) is 36.1. The Morgan fingerprint density at radius 1 is 0.912 bits per heavy atom. The second-order valence-corrected chi connectivity index (χ2v) is 7.39. The van der Waals surface area contributed by atoms with Gasteiger partial charge in [-0.25, -0.2) is 4.79 Å². The van der Waals surface area contributed by atoms with E-state index in [1.165, 1.54) is 44.4 Å². The standard InChI is InChI=1S/C25H21F3N2O4/c1-15(31)29-14-16-6-8-17(9-7-16)23(32)30-22-11-10-19(13-21(22)24(33)34-2)18-4-3-5-20(12-18)25(26,27)28/h3-13H,14H2,1-2H3,(H,29,31)(H,30,32). The lowest BCUT2D eigenvalue weighted by Crippen LogP contribution is -2.19. The number of esters is 1. The van der Waals surface area contributed by atoms with Crippen LogP contribution in [0, 0.1) is 0 Å². The molecule has 34 heavy (non-hydrogen) atoms. The fourth-order valence-electron chi connectivity index (χ4n) is 3.18. The van der Waals surface area contributed by atoms with Crippen LogP contribution < -0.4 is 10.6 Å². The Labute approximate surface area is 193 Å². The Bertz CT molecular complexity index is 1220. The molecule has 0 unspecified atom stereocenters. The molecular weight excluding hydrogens is 449 g/mol. The maximum Gasteiger partial charge on any atom is 0.416 e. The van der Waals surface area contributed by atoms with Crippen LogP contribution in [0.15, 0.2) is 66.7 Å². The molecule has 2 N–H and O–H groups in total. The van der Waals surface area contributed by atoms with Gasteiger partial charge in [-0.2, -0.15) is 13.2 Å². The Kier molecular flexibility index (Phi) is 7.35. The molecule has 3 rings (SSSR count). The van der Waals surface area contributed by atoms with Gasteiger partial charge in [0.1, 0.15) is 0 Å². The lowest BCUT2D eigenvalue weighted by Gasteiger charge is -2.13. The number of anilines is 1. The van der Waals surface area contributed by atoms with E-state index in [-0.39, 0.29) is 22.7 Å². The molecule has 3 aromatic rings. The summed E-state index contributed by atoms with van der Waals surface area (Å²) < 4.78 is 44.0. The number of hydrogen-bond donors (Lipinski definition) is 2. The largest absolute Gasteiger partial charge is 0.465 e. The summed E-state index contributed by atoms with van der Waals surface area (Å²) >= 11 is 0. The summed E-state index contributed by atoms with van der Waals surface area (Å²) in [6.07, 6.45) is -4.51. The number of hydrogen-bond acceptors (Lipinski definition) is 4. The topological polar surface area (TPSA) is 84.5 Å². The third kappa shape index (κ3) is 6.00. The van der Waals surface area contributed by atoms with Crippen LogP contribution in [0.1, 0.15) is 38.8 Å². The Balaban J connectivity index is 1.87. The molecule has 0 saturated heterocycles. The molecule has 0 spiro atoms. The van der Waals surface area contributed by atoms with Gasteiger partial charge in [-0.05, 0) is 53.1 Å². The van der Waals surface area contributed by atoms with Crippen molar-refractivity contribution < 1.29 is 32.3 Å². The molecule has 0 radical (unpaired) electrons. The maximum atomic E-state index is 13.1. The lowest BCUT2D eigenvalue weighted by atomic mass is 9.99. The van der Waals surface area contributed by atoms with Gasteiger partial charge in [0, 0.05) is 19.0 Å². The van der Waals surface area contributed by atoms with Crippen LogP contribution in [0.25, 0.3) is 11.1 Å². The van der Waals surface area contributed by atoms with E-state index in [4.69, 9.17) is 4.74 Å². The number of methoxy groups -OCH3 is 1. The summed E-state index contributed by atoms with van der Waals surface area (Å²) in [5.74, 6) is -1.43. The van der Waals surface area contributed by atoms with Crippen molar-refractivity contribution in [2.75, 3.05) is 12.4 Å². The zero-order chi connectivity index (χ0) is 24.9. The van der Waals surface area contributed by atoms with E-state index in [9.17, 15) is 27.6 Å². The summed E-state index contributed by atoms with van der Waals surface area (Å²) in [6.45, 7) is 1.72. The Morgan fingerprint density at radius 2 is 1.59 bits per heavy atom. The molecule has 3 aromatic carbocycles. The SMILES string of the molecule is COC(=O)c1cc(-c2cccc(C(F)(F)F)c2)ccc1NC(=O)c1ccc(CNC(C)=O)cc1. The van der Waals surface area contributed by atoms with Gasteiger partial charge < -0.3 is 15.4 Å². The number of rotatable bonds is 6. The normalized spacial score (nSPS) is 11.0. The zero-order valence-corrected chi connectivity index (χ0v) is 18.3. The van der Waals surface area contributed by atoms with Crippen molar-refractivity contribution in [1.82, 2.24) is 5.32 Å². The molecule has 0 atom stereocenters. The van der Waals surface area contributed by atoms with E-state index in [0.717, 1.165) is 17.7 Å². The molecular formula is C25H21F3N2O4. The van der Waals surface area contributed by atoms with Gasteiger partial charge in [0.25, 0.3) is 5.91 Å². The second kappa shape index (κ2) is 10.2. The number of carbonyl (C=O) groups excluding carboxylic acids is 3. The van der Waals surface area contributed by atoms with Crippen molar-refractivity contribution in [2.24, 2.45) is 0 Å². The second-order valence-electron chi connectivity index (χ2n) is 7.39. The van der Waals surface area contributed by atoms with Gasteiger partial charge in [0.15, 0.2) is 0 Å². The predicted molar refractivity (Wildman–Crippen MR) is 120 cm³/mol. The number of carbonyl (C=O) groups is 3. The minimum Gasteiger partial charge on any atom is -0.465 e. The van der Waals surface area contributed by atoms with Gasteiger partial charge in [-0.15, -0.1) is 0 Å². The molecule has 2 amide bonds. The zero-order valence-electron chi connectivity index (χ0n) is 18.3. The van der Waals surface area contributed by atoms with Crippen molar-refractivity contribution in [3.05, 3.63) is 89.0 Å². The number of halogens is 3. The van der Waals surface area contributed by atoms with Crippen molar-refractivity contribution in [2.45, 2.75) is 19.6 Å². The number of ether oxygens (including phenoxy) is 1. The van der Waals surface area contributed by atoms with Gasteiger partial charge in [0.2, 0.25) is 5.91 Å². The molecule has 9 heteroatoms. The number of alkyl halides is 3. The lowest BCUT2D eigenvalue weighted by molar-refractivity contribution is -0.137. The van der Waals surface area contributed by atoms with Crippen LogP contribution in [0.5, 0.6) is 0 Å². The highest BCUT2D eigenvalue weighted by Gasteiger charge is 2.30. The highest BCUT2D eigenvalue weighted by Crippen LogP contribution is 2.33. The Hall–Kier alpha value is -4.14. The molecule has 0 aliphatic heterocycles. The molecule has 6 nitrogen and oxygen atoms in total. The summed E-state index contributed by atoms with van der Waals surface area (Å²) in [5, 5.41) is 5.29. The van der Waals surface area contributed by atoms with Crippen molar-refractivity contribution in [3.63, 3.8) is 0 Å². The minimum atomic E-state index is -4.51. The quantitative estimate of drug-likeness (QED) is 0.494. The highest BCUT2D eigenvalue weighted by atomic mass is 19.4. The van der Waals surface area contributed by atoms with Crippen LogP contribution in [-0.4, -0.2) is 24.9 Å². The predicted octanol–water partition coefficient (Wildman–Crippen LogP) is 5.05. The summed E-state index contributed by atoms with van der Waals surface area (Å²) in [7, 11) is 1.17. The first-order valence-electron chi connectivity index (χ1n) is 10.1. The number of nitrogens with one attached hydrogen (secondary N) is 2. The fourth-order valence-corrected chi connectivity index (χ4v) is 3.18. The monoisotopic (exact) mass is 470 g/mol. The summed E-state index contributed by atoms with van der Waals surface area (Å²) in [5.41, 5.74) is 1.04. The van der Waals surface area contributed by atoms with Gasteiger partial charge in [-0.1, -0.05) is 30.3 Å². The highest BCUT2D eigenvalue weighted by molar-refractivity contribution is 6.08. The van der Waals surface area contributed by atoms with E-state index >= 15 is 0 Å². The van der Waals surface area contributed by atoms with E-state index in [2.05, 4.69) is 10.6 Å². The van der Waals surface area contributed by atoms with Gasteiger partial charge >= 0.3 is 12.1 Å². The molecule has 0 aliphatic rings. The van der Waals surface area contributed by atoms with Crippen LogP contribution in [0.4, 0.5) is 18.9 Å². The molecule has 0 aromatic heterocycles. The molecule has 0 fully saturated rings. The maximum absolute atomic E-state index is 13.1. The fraction of sp³-hybridized carbons (Fsp3) is 0.160. The van der Waals surface area contributed by atoms with Crippen LogP contribution in [-0.2, 0) is 22.3 Å². The molecule has 0 saturated carbocycles. The molecule has 0 aliphatic carbocycles. The van der Waals surface area contributed by atoms with E-state index in [0.29, 0.717) is 17.7 Å². The van der Waals surface area contributed by atoms with E-state index < -0.39 is 23.6 Å². The smallest absolute Gasteiger partial charge is 0.416 e. The first-order valence-corrected chi connectivity index (χ1v) is 10.1. The van der Waals surface area contributed by atoms with Crippen molar-refractivity contribution in [3.8, 4) is 11.1 Å². The van der Waals surface area contributed by atoms with Gasteiger partial charge in [-0.3, -0.25) is 9.59 Å². The average molecular weight is 470 g/mol. The van der Waals surface area contributed by atoms with Crippen LogP contribution in [0.2, 0.25) is 0 Å². The van der Waals surface area contributed by atoms with Crippen molar-refractivity contribution >= 4 is 23.5 Å². The van der Waals surface area contributed by atoms with Crippen LogP contribution in [0.3, 0.4) is 0 Å². The molecule has 176 valence electrons. The third-order valence-corrected chi connectivity index (χ3v) is 4.95.